The first kappa shape index (κ1) is 20.3. The normalized spacial score (nSPS) is 19.2. The molecule has 0 saturated carbocycles. The van der Waals surface area contributed by atoms with Crippen molar-refractivity contribution in [3.8, 4) is 5.75 Å². The van der Waals surface area contributed by atoms with Crippen LogP contribution >= 0.6 is 0 Å². The van der Waals surface area contributed by atoms with Gasteiger partial charge in [0.25, 0.3) is 5.91 Å². The van der Waals surface area contributed by atoms with E-state index in [0.29, 0.717) is 0 Å². The van der Waals surface area contributed by atoms with E-state index in [4.69, 9.17) is 4.74 Å². The number of hydrazine groups is 1. The maximum atomic E-state index is 13.2. The standard InChI is InChI=1S/C24H20FN3O3/c1-31-20-13-7-16(8-14-20)15-28-22(17-5-3-2-4-6-17)21(24(30)27-28)26-23(29)18-9-11-19(25)12-10-18/h2-15,21-22H,1H3,(H-,26,27,29,30)/p+1/b28-15-/t21-,22-/m1/s1. The molecule has 1 saturated heterocycles. The van der Waals surface area contributed by atoms with Crippen LogP contribution in [0, 0.1) is 5.82 Å². The summed E-state index contributed by atoms with van der Waals surface area (Å²) in [4.78, 5) is 25.5. The van der Waals surface area contributed by atoms with Gasteiger partial charge in [0.2, 0.25) is 12.3 Å². The van der Waals surface area contributed by atoms with Gasteiger partial charge >= 0.3 is 5.91 Å². The number of hydrogen-bond donors (Lipinski definition) is 2. The lowest BCUT2D eigenvalue weighted by Gasteiger charge is -2.14. The van der Waals surface area contributed by atoms with Crippen molar-refractivity contribution in [2.75, 3.05) is 7.11 Å². The Labute approximate surface area is 179 Å². The quantitative estimate of drug-likeness (QED) is 0.626. The molecule has 3 aromatic carbocycles. The molecule has 1 aliphatic rings. The zero-order valence-electron chi connectivity index (χ0n) is 16.8. The first-order valence-corrected chi connectivity index (χ1v) is 9.74. The third-order valence-electron chi connectivity index (χ3n) is 5.08. The summed E-state index contributed by atoms with van der Waals surface area (Å²) < 4.78 is 20.1. The second kappa shape index (κ2) is 8.79. The third kappa shape index (κ3) is 4.45. The molecular weight excluding hydrogens is 397 g/mol. The lowest BCUT2D eigenvalue weighted by molar-refractivity contribution is -0.596. The van der Waals surface area contributed by atoms with E-state index in [1.54, 1.807) is 18.0 Å². The molecule has 1 aliphatic heterocycles. The smallest absolute Gasteiger partial charge is 0.304 e. The number of carbonyl (C=O) groups excluding carboxylic acids is 2. The number of methoxy groups -OCH3 is 1. The molecule has 0 aliphatic carbocycles. The number of hydrogen-bond acceptors (Lipinski definition) is 3. The van der Waals surface area contributed by atoms with E-state index in [1.165, 1.54) is 24.3 Å². The van der Waals surface area contributed by atoms with Gasteiger partial charge in [0.1, 0.15) is 11.6 Å². The Balaban J connectivity index is 1.66. The molecule has 0 unspecified atom stereocenters. The van der Waals surface area contributed by atoms with Crippen molar-refractivity contribution in [1.29, 1.82) is 0 Å². The molecule has 0 aromatic heterocycles. The molecule has 2 N–H and O–H groups in total. The highest BCUT2D eigenvalue weighted by Crippen LogP contribution is 2.25. The molecule has 31 heavy (non-hydrogen) atoms. The van der Waals surface area contributed by atoms with E-state index in [2.05, 4.69) is 10.7 Å². The third-order valence-corrected chi connectivity index (χ3v) is 5.08. The molecule has 6 nitrogen and oxygen atoms in total. The number of nitrogens with zero attached hydrogens (tertiary/aromatic N) is 1. The summed E-state index contributed by atoms with van der Waals surface area (Å²) >= 11 is 0. The number of benzene rings is 3. The average molecular weight is 418 g/mol. The fourth-order valence-electron chi connectivity index (χ4n) is 3.51. The fourth-order valence-corrected chi connectivity index (χ4v) is 3.51. The molecule has 0 bridgehead atoms. The Morgan fingerprint density at radius 3 is 2.35 bits per heavy atom. The van der Waals surface area contributed by atoms with Gasteiger partial charge in [-0.15, -0.1) is 10.1 Å². The van der Waals surface area contributed by atoms with Crippen LogP contribution in [0.1, 0.15) is 27.5 Å². The molecule has 3 aromatic rings. The Morgan fingerprint density at radius 2 is 1.71 bits per heavy atom. The van der Waals surface area contributed by atoms with E-state index in [1.807, 2.05) is 54.6 Å². The minimum Gasteiger partial charge on any atom is -0.497 e. The van der Waals surface area contributed by atoms with Crippen LogP contribution in [0.3, 0.4) is 0 Å². The number of rotatable bonds is 5. The highest BCUT2D eigenvalue weighted by atomic mass is 19.1. The van der Waals surface area contributed by atoms with E-state index in [0.717, 1.165) is 16.9 Å². The number of hydrazone groups is 1. The first-order valence-electron chi connectivity index (χ1n) is 9.74. The maximum absolute atomic E-state index is 13.2. The van der Waals surface area contributed by atoms with Gasteiger partial charge in [-0.2, -0.15) is 0 Å². The van der Waals surface area contributed by atoms with E-state index < -0.39 is 23.8 Å². The Kier molecular flexibility index (Phi) is 5.75. The largest absolute Gasteiger partial charge is 0.497 e. The van der Waals surface area contributed by atoms with Crippen LogP contribution in [0.15, 0.2) is 78.9 Å². The van der Waals surface area contributed by atoms with Crippen molar-refractivity contribution in [1.82, 2.24) is 10.7 Å². The van der Waals surface area contributed by atoms with Crippen molar-refractivity contribution < 1.29 is 23.4 Å². The van der Waals surface area contributed by atoms with Crippen LogP contribution < -0.4 is 15.5 Å². The summed E-state index contributed by atoms with van der Waals surface area (Å²) in [5.74, 6) is -0.495. The van der Waals surface area contributed by atoms with Gasteiger partial charge in [-0.05, 0) is 48.5 Å². The number of amides is 2. The number of ether oxygens (including phenoxy) is 1. The van der Waals surface area contributed by atoms with E-state index >= 15 is 0 Å². The highest BCUT2D eigenvalue weighted by Gasteiger charge is 2.47. The molecule has 2 atom stereocenters. The molecule has 2 amide bonds. The van der Waals surface area contributed by atoms with Crippen LogP contribution in [0.5, 0.6) is 5.75 Å². The fraction of sp³-hybridized carbons (Fsp3) is 0.125. The summed E-state index contributed by atoms with van der Waals surface area (Å²) in [6.07, 6.45) is 1.80. The van der Waals surface area contributed by atoms with Crippen molar-refractivity contribution in [2.45, 2.75) is 12.1 Å². The zero-order chi connectivity index (χ0) is 21.8. The molecule has 7 heteroatoms. The van der Waals surface area contributed by atoms with Crippen molar-refractivity contribution >= 4 is 18.0 Å². The Morgan fingerprint density at radius 1 is 1.03 bits per heavy atom. The van der Waals surface area contributed by atoms with Crippen LogP contribution in [0.4, 0.5) is 4.39 Å². The lowest BCUT2D eigenvalue weighted by atomic mass is 10.00. The summed E-state index contributed by atoms with van der Waals surface area (Å²) in [7, 11) is 1.60. The van der Waals surface area contributed by atoms with Crippen LogP contribution in [0.2, 0.25) is 0 Å². The van der Waals surface area contributed by atoms with Gasteiger partial charge < -0.3 is 10.1 Å². The SMILES string of the molecule is COc1ccc(/C=[N+]2\NC(=O)[C@H](NC(=O)c3ccc(F)cc3)[C@H]2c2ccccc2)cc1. The summed E-state index contributed by atoms with van der Waals surface area (Å²) in [5, 5.41) is 2.79. The van der Waals surface area contributed by atoms with Crippen LogP contribution in [-0.4, -0.2) is 35.9 Å². The van der Waals surface area contributed by atoms with Gasteiger partial charge in [-0.1, -0.05) is 30.3 Å². The van der Waals surface area contributed by atoms with E-state index in [-0.39, 0.29) is 11.5 Å². The van der Waals surface area contributed by atoms with Crippen molar-refractivity contribution in [3.63, 3.8) is 0 Å². The summed E-state index contributed by atoms with van der Waals surface area (Å²) in [6, 6.07) is 20.7. The Hall–Kier alpha value is -4.00. The molecular formula is C24H21FN3O3+. The van der Waals surface area contributed by atoms with Gasteiger partial charge in [0.15, 0.2) is 6.04 Å². The van der Waals surface area contributed by atoms with Gasteiger partial charge in [0.05, 0.1) is 7.11 Å². The predicted molar refractivity (Wildman–Crippen MR) is 113 cm³/mol. The zero-order valence-corrected chi connectivity index (χ0v) is 16.8. The maximum Gasteiger partial charge on any atom is 0.304 e. The minimum absolute atomic E-state index is 0.276. The Bertz CT molecular complexity index is 1110. The lowest BCUT2D eigenvalue weighted by Crippen LogP contribution is -2.42. The second-order valence-corrected chi connectivity index (χ2v) is 7.10. The minimum atomic E-state index is -0.838. The van der Waals surface area contributed by atoms with Gasteiger partial charge in [-0.3, -0.25) is 9.59 Å². The molecule has 0 radical (unpaired) electrons. The van der Waals surface area contributed by atoms with Crippen LogP contribution in [-0.2, 0) is 4.79 Å². The predicted octanol–water partition coefficient (Wildman–Crippen LogP) is 2.85. The topological polar surface area (TPSA) is 70.4 Å². The van der Waals surface area contributed by atoms with Crippen molar-refractivity contribution in [2.24, 2.45) is 0 Å². The molecule has 156 valence electrons. The molecule has 1 heterocycles. The molecule has 0 spiro atoms. The second-order valence-electron chi connectivity index (χ2n) is 7.10. The van der Waals surface area contributed by atoms with Gasteiger partial charge in [-0.25, -0.2) is 4.39 Å². The number of nitrogens with one attached hydrogen (secondary N) is 2. The number of halogens is 1. The summed E-state index contributed by atoms with van der Waals surface area (Å²) in [5.41, 5.74) is 4.82. The molecule has 1 fully saturated rings. The molecule has 4 rings (SSSR count). The first-order chi connectivity index (χ1) is 15.0. The highest BCUT2D eigenvalue weighted by molar-refractivity contribution is 5.98. The van der Waals surface area contributed by atoms with Crippen molar-refractivity contribution in [3.05, 3.63) is 101 Å². The summed E-state index contributed by atoms with van der Waals surface area (Å²) in [6.45, 7) is 0. The average Bonchev–Trinajstić information content (AvgIpc) is 3.09. The monoisotopic (exact) mass is 418 g/mol. The van der Waals surface area contributed by atoms with E-state index in [9.17, 15) is 14.0 Å². The van der Waals surface area contributed by atoms with Gasteiger partial charge in [0, 0.05) is 16.7 Å². The van der Waals surface area contributed by atoms with Crippen LogP contribution in [0.25, 0.3) is 0 Å². The number of carbonyl (C=O) groups is 2.